The average Bonchev–Trinajstić information content (AvgIpc) is 2.55. The van der Waals surface area contributed by atoms with Crippen LogP contribution in [0.15, 0.2) is 72.9 Å². The number of rotatable bonds is 3. The van der Waals surface area contributed by atoms with Crippen LogP contribution in [0.3, 0.4) is 0 Å². The van der Waals surface area contributed by atoms with Crippen LogP contribution in [0.1, 0.15) is 0 Å². The van der Waals surface area contributed by atoms with Crippen molar-refractivity contribution < 1.29 is 9.90 Å². The first-order valence-electron chi connectivity index (χ1n) is 6.62. The van der Waals surface area contributed by atoms with Crippen LogP contribution in [0.25, 0.3) is 11.1 Å². The molecule has 0 saturated carbocycles. The molecule has 1 aromatic carbocycles. The van der Waals surface area contributed by atoms with Crippen molar-refractivity contribution in [3.63, 3.8) is 0 Å². The summed E-state index contributed by atoms with van der Waals surface area (Å²) in [5.74, 6) is 0.137. The minimum absolute atomic E-state index is 0.0113. The van der Waals surface area contributed by atoms with Crippen LogP contribution >= 0.6 is 0 Å². The van der Waals surface area contributed by atoms with Crippen molar-refractivity contribution in [1.82, 2.24) is 4.98 Å². The van der Waals surface area contributed by atoms with Crippen LogP contribution in [0.4, 0.5) is 5.82 Å². The molecule has 0 amide bonds. The van der Waals surface area contributed by atoms with Gasteiger partial charge in [-0.25, -0.2) is 4.98 Å². The van der Waals surface area contributed by atoms with Crippen molar-refractivity contribution in [2.45, 2.75) is 0 Å². The van der Waals surface area contributed by atoms with E-state index in [0.717, 1.165) is 11.1 Å². The predicted octanol–water partition coefficient (Wildman–Crippen LogP) is 3.30. The Balaban J connectivity index is 2.03. The Morgan fingerprint density at radius 1 is 1.14 bits per heavy atom. The number of aldehydes is 1. The number of hydrogen-bond acceptors (Lipinski definition) is 4. The zero-order valence-corrected chi connectivity index (χ0v) is 11.3. The molecule has 1 unspecified atom stereocenters. The Kier molecular flexibility index (Phi) is 3.51. The van der Waals surface area contributed by atoms with Crippen molar-refractivity contribution in [3.8, 4) is 11.1 Å². The number of anilines is 1. The Labute approximate surface area is 122 Å². The standard InChI is InChI=1S/C17H14N2O2/c20-12-14-8-10-19(11-16(14)21)17-15(7-4-9-18-17)13-5-2-1-3-6-13/h1-12,14,21H. The molecule has 1 N–H and O–H groups in total. The summed E-state index contributed by atoms with van der Waals surface area (Å²) < 4.78 is 0. The molecule has 1 aromatic heterocycles. The Bertz CT molecular complexity index is 708. The van der Waals surface area contributed by atoms with E-state index in [4.69, 9.17) is 0 Å². The van der Waals surface area contributed by atoms with Crippen LogP contribution in [-0.4, -0.2) is 16.4 Å². The van der Waals surface area contributed by atoms with Gasteiger partial charge in [0.2, 0.25) is 0 Å². The summed E-state index contributed by atoms with van der Waals surface area (Å²) in [7, 11) is 0. The van der Waals surface area contributed by atoms with E-state index in [1.54, 1.807) is 23.4 Å². The SMILES string of the molecule is O=CC1C=CN(c2ncccc2-c2ccccc2)C=C1O. The molecule has 2 aromatic rings. The fraction of sp³-hybridized carbons (Fsp3) is 0.0588. The van der Waals surface area contributed by atoms with Crippen LogP contribution in [-0.2, 0) is 4.79 Å². The number of pyridine rings is 1. The van der Waals surface area contributed by atoms with E-state index in [2.05, 4.69) is 4.98 Å². The molecule has 0 aliphatic carbocycles. The number of hydrogen-bond donors (Lipinski definition) is 1. The number of carbonyl (C=O) groups is 1. The van der Waals surface area contributed by atoms with Crippen LogP contribution in [0, 0.1) is 5.92 Å². The molecule has 2 heterocycles. The monoisotopic (exact) mass is 278 g/mol. The van der Waals surface area contributed by atoms with E-state index >= 15 is 0 Å². The second-order valence-electron chi connectivity index (χ2n) is 4.71. The average molecular weight is 278 g/mol. The molecule has 1 atom stereocenters. The molecular formula is C17H14N2O2. The maximum atomic E-state index is 10.8. The lowest BCUT2D eigenvalue weighted by Gasteiger charge is -2.23. The first-order chi connectivity index (χ1) is 10.3. The number of nitrogens with zero attached hydrogens (tertiary/aromatic N) is 2. The third-order valence-electron chi connectivity index (χ3n) is 3.33. The summed E-state index contributed by atoms with van der Waals surface area (Å²) in [6, 6.07) is 13.7. The van der Waals surface area contributed by atoms with Crippen molar-refractivity contribution in [2.24, 2.45) is 5.92 Å². The summed E-state index contributed by atoms with van der Waals surface area (Å²) in [4.78, 5) is 16.9. The lowest BCUT2D eigenvalue weighted by Crippen LogP contribution is -2.19. The summed E-state index contributed by atoms with van der Waals surface area (Å²) in [6.45, 7) is 0. The van der Waals surface area contributed by atoms with E-state index < -0.39 is 5.92 Å². The number of allylic oxidation sites excluding steroid dienone is 1. The zero-order valence-electron chi connectivity index (χ0n) is 11.3. The lowest BCUT2D eigenvalue weighted by molar-refractivity contribution is -0.109. The van der Waals surface area contributed by atoms with Crippen LogP contribution < -0.4 is 4.90 Å². The molecule has 104 valence electrons. The highest BCUT2D eigenvalue weighted by molar-refractivity contribution is 5.78. The Morgan fingerprint density at radius 3 is 2.67 bits per heavy atom. The smallest absolute Gasteiger partial charge is 0.144 e. The van der Waals surface area contributed by atoms with Gasteiger partial charge in [0.05, 0.1) is 5.92 Å². The van der Waals surface area contributed by atoms with E-state index in [-0.39, 0.29) is 5.76 Å². The topological polar surface area (TPSA) is 53.4 Å². The second kappa shape index (κ2) is 5.63. The molecular weight excluding hydrogens is 264 g/mol. The molecule has 1 aliphatic heterocycles. The highest BCUT2D eigenvalue weighted by atomic mass is 16.3. The van der Waals surface area contributed by atoms with Gasteiger partial charge in [-0.2, -0.15) is 0 Å². The Morgan fingerprint density at radius 2 is 1.95 bits per heavy atom. The molecule has 21 heavy (non-hydrogen) atoms. The molecule has 0 bridgehead atoms. The molecule has 4 heteroatoms. The minimum Gasteiger partial charge on any atom is -0.510 e. The molecule has 0 fully saturated rings. The minimum atomic E-state index is -0.579. The first kappa shape index (κ1) is 13.1. The maximum Gasteiger partial charge on any atom is 0.144 e. The maximum absolute atomic E-state index is 10.8. The fourth-order valence-corrected chi connectivity index (χ4v) is 2.25. The van der Waals surface area contributed by atoms with E-state index in [1.807, 2.05) is 42.5 Å². The van der Waals surface area contributed by atoms with Gasteiger partial charge >= 0.3 is 0 Å². The van der Waals surface area contributed by atoms with Gasteiger partial charge in [-0.15, -0.1) is 0 Å². The van der Waals surface area contributed by atoms with Gasteiger partial charge in [-0.1, -0.05) is 36.4 Å². The van der Waals surface area contributed by atoms with Gasteiger partial charge < -0.3 is 14.8 Å². The number of carbonyl (C=O) groups excluding carboxylic acids is 1. The number of aromatic nitrogens is 1. The highest BCUT2D eigenvalue weighted by Crippen LogP contribution is 2.31. The van der Waals surface area contributed by atoms with Crippen molar-refractivity contribution >= 4 is 12.1 Å². The summed E-state index contributed by atoms with van der Waals surface area (Å²) in [5.41, 5.74) is 2.00. The normalized spacial score (nSPS) is 17.4. The van der Waals surface area contributed by atoms with E-state index in [0.29, 0.717) is 12.1 Å². The molecule has 4 nitrogen and oxygen atoms in total. The third kappa shape index (κ3) is 2.56. The van der Waals surface area contributed by atoms with Gasteiger partial charge in [-0.05, 0) is 17.7 Å². The number of aliphatic hydroxyl groups excluding tert-OH is 1. The fourth-order valence-electron chi connectivity index (χ4n) is 2.25. The Hall–Kier alpha value is -2.88. The molecule has 3 rings (SSSR count). The third-order valence-corrected chi connectivity index (χ3v) is 3.33. The molecule has 0 spiro atoms. The molecule has 0 saturated heterocycles. The van der Waals surface area contributed by atoms with Crippen molar-refractivity contribution in [1.29, 1.82) is 0 Å². The van der Waals surface area contributed by atoms with Crippen LogP contribution in [0.5, 0.6) is 0 Å². The zero-order chi connectivity index (χ0) is 14.7. The lowest BCUT2D eigenvalue weighted by atomic mass is 10.0. The van der Waals surface area contributed by atoms with Gasteiger partial charge in [0.25, 0.3) is 0 Å². The molecule has 1 aliphatic rings. The first-order valence-corrected chi connectivity index (χ1v) is 6.62. The van der Waals surface area contributed by atoms with Crippen LogP contribution in [0.2, 0.25) is 0 Å². The summed E-state index contributed by atoms with van der Waals surface area (Å²) in [5, 5.41) is 9.87. The number of aliphatic hydroxyl groups is 1. The van der Waals surface area contributed by atoms with E-state index in [1.165, 1.54) is 6.20 Å². The highest BCUT2D eigenvalue weighted by Gasteiger charge is 2.18. The summed E-state index contributed by atoms with van der Waals surface area (Å²) >= 11 is 0. The molecule has 0 radical (unpaired) electrons. The van der Waals surface area contributed by atoms with Crippen molar-refractivity contribution in [3.05, 3.63) is 72.9 Å². The van der Waals surface area contributed by atoms with Crippen molar-refractivity contribution in [2.75, 3.05) is 4.90 Å². The quantitative estimate of drug-likeness (QED) is 0.875. The van der Waals surface area contributed by atoms with Gasteiger partial charge in [-0.3, -0.25) is 0 Å². The van der Waals surface area contributed by atoms with Gasteiger partial charge in [0.1, 0.15) is 17.9 Å². The van der Waals surface area contributed by atoms with E-state index in [9.17, 15) is 9.90 Å². The second-order valence-corrected chi connectivity index (χ2v) is 4.71. The summed E-state index contributed by atoms with van der Waals surface area (Å²) in [6.07, 6.45) is 7.32. The van der Waals surface area contributed by atoms with Gasteiger partial charge in [0, 0.05) is 24.2 Å². The predicted molar refractivity (Wildman–Crippen MR) is 81.6 cm³/mol. The largest absolute Gasteiger partial charge is 0.510 e. The van der Waals surface area contributed by atoms with Gasteiger partial charge in [0.15, 0.2) is 0 Å². The number of benzene rings is 1.